The molecule has 0 aliphatic rings. The largest absolute Gasteiger partial charge is 0.327 e. The minimum Gasteiger partial charge on any atom is -0.327 e. The summed E-state index contributed by atoms with van der Waals surface area (Å²) in [5, 5.41) is 0. The minimum absolute atomic E-state index is 0.257. The van der Waals surface area contributed by atoms with E-state index in [2.05, 4.69) is 0 Å². The van der Waals surface area contributed by atoms with E-state index < -0.39 is 11.6 Å². The maximum absolute atomic E-state index is 13.7. The average Bonchev–Trinajstić information content (AvgIpc) is 2.39. The van der Waals surface area contributed by atoms with Gasteiger partial charge >= 0.3 is 0 Å². The summed E-state index contributed by atoms with van der Waals surface area (Å²) in [6.07, 6.45) is 3.54. The highest BCUT2D eigenvalue weighted by Gasteiger charge is 2.09. The summed E-state index contributed by atoms with van der Waals surface area (Å²) in [6.45, 7) is 0.409. The van der Waals surface area contributed by atoms with Crippen LogP contribution in [0.1, 0.15) is 5.56 Å². The Bertz CT molecular complexity index is 576. The van der Waals surface area contributed by atoms with Gasteiger partial charge in [0.05, 0.1) is 0 Å². The van der Waals surface area contributed by atoms with Crippen molar-refractivity contribution in [3.63, 3.8) is 0 Å². The Morgan fingerprint density at radius 2 is 1.67 bits per heavy atom. The molecular weight excluding hydrogens is 232 g/mol. The van der Waals surface area contributed by atoms with Crippen molar-refractivity contribution in [1.29, 1.82) is 0 Å². The van der Waals surface area contributed by atoms with Crippen molar-refractivity contribution in [3.8, 4) is 11.1 Å². The highest BCUT2D eigenvalue weighted by molar-refractivity contribution is 5.68. The zero-order chi connectivity index (χ0) is 13.0. The summed E-state index contributed by atoms with van der Waals surface area (Å²) < 4.78 is 27.4. The van der Waals surface area contributed by atoms with Crippen LogP contribution in [0.3, 0.4) is 0 Å². The van der Waals surface area contributed by atoms with Crippen molar-refractivity contribution >= 4 is 6.08 Å². The molecule has 2 aromatic carbocycles. The predicted molar refractivity (Wildman–Crippen MR) is 69.9 cm³/mol. The third-order valence-corrected chi connectivity index (χ3v) is 2.60. The van der Waals surface area contributed by atoms with E-state index in [4.69, 9.17) is 5.73 Å². The lowest BCUT2D eigenvalue weighted by Gasteiger charge is -2.06. The van der Waals surface area contributed by atoms with Gasteiger partial charge in [0.2, 0.25) is 0 Å². The summed E-state index contributed by atoms with van der Waals surface area (Å²) in [5.74, 6) is -0.874. The first-order chi connectivity index (χ1) is 8.72. The monoisotopic (exact) mass is 245 g/mol. The van der Waals surface area contributed by atoms with Crippen LogP contribution in [0, 0.1) is 11.6 Å². The van der Waals surface area contributed by atoms with Gasteiger partial charge in [-0.2, -0.15) is 0 Å². The van der Waals surface area contributed by atoms with E-state index in [-0.39, 0.29) is 11.1 Å². The van der Waals surface area contributed by atoms with Crippen molar-refractivity contribution in [2.24, 2.45) is 5.73 Å². The molecule has 0 saturated heterocycles. The fourth-order valence-corrected chi connectivity index (χ4v) is 1.74. The fourth-order valence-electron chi connectivity index (χ4n) is 1.74. The molecule has 1 nitrogen and oxygen atoms in total. The summed E-state index contributed by atoms with van der Waals surface area (Å²) in [6, 6.07) is 10.7. The van der Waals surface area contributed by atoms with Gasteiger partial charge in [0.1, 0.15) is 11.6 Å². The molecule has 2 aromatic rings. The predicted octanol–water partition coefficient (Wildman–Crippen LogP) is 3.60. The SMILES string of the molecule is NC/C=C/c1ccc(F)c(-c2ccccc2F)c1. The Labute approximate surface area is 105 Å². The first-order valence-corrected chi connectivity index (χ1v) is 5.63. The summed E-state index contributed by atoms with van der Waals surface area (Å²) in [4.78, 5) is 0. The van der Waals surface area contributed by atoms with Gasteiger partial charge in [-0.15, -0.1) is 0 Å². The zero-order valence-electron chi connectivity index (χ0n) is 9.74. The minimum atomic E-state index is -0.440. The Morgan fingerprint density at radius 1 is 0.944 bits per heavy atom. The van der Waals surface area contributed by atoms with Crippen molar-refractivity contribution in [2.75, 3.05) is 6.54 Å². The molecule has 0 atom stereocenters. The number of hydrogen-bond acceptors (Lipinski definition) is 1. The first kappa shape index (κ1) is 12.5. The second-order valence-corrected chi connectivity index (χ2v) is 3.86. The van der Waals surface area contributed by atoms with Gasteiger partial charge in [0.15, 0.2) is 0 Å². The first-order valence-electron chi connectivity index (χ1n) is 5.63. The van der Waals surface area contributed by atoms with Crippen LogP contribution in [0.15, 0.2) is 48.5 Å². The lowest BCUT2D eigenvalue weighted by atomic mass is 10.0. The third-order valence-electron chi connectivity index (χ3n) is 2.60. The molecule has 0 aliphatic heterocycles. The van der Waals surface area contributed by atoms with Crippen molar-refractivity contribution in [3.05, 3.63) is 65.7 Å². The molecule has 0 spiro atoms. The van der Waals surface area contributed by atoms with Gasteiger partial charge in [-0.25, -0.2) is 8.78 Å². The molecule has 0 fully saturated rings. The smallest absolute Gasteiger partial charge is 0.131 e. The van der Waals surface area contributed by atoms with Gasteiger partial charge in [-0.3, -0.25) is 0 Å². The maximum Gasteiger partial charge on any atom is 0.131 e. The molecule has 0 amide bonds. The lowest BCUT2D eigenvalue weighted by Crippen LogP contribution is -1.92. The Hall–Kier alpha value is -2.00. The van der Waals surface area contributed by atoms with E-state index in [1.807, 2.05) is 0 Å². The maximum atomic E-state index is 13.7. The van der Waals surface area contributed by atoms with Gasteiger partial charge in [-0.05, 0) is 23.8 Å². The molecule has 0 aromatic heterocycles. The van der Waals surface area contributed by atoms with E-state index in [1.165, 1.54) is 12.1 Å². The highest BCUT2D eigenvalue weighted by Crippen LogP contribution is 2.26. The number of hydrogen-bond donors (Lipinski definition) is 1. The van der Waals surface area contributed by atoms with Crippen LogP contribution in [-0.2, 0) is 0 Å². The number of halogens is 2. The van der Waals surface area contributed by atoms with Crippen LogP contribution in [0.4, 0.5) is 8.78 Å². The number of rotatable bonds is 3. The van der Waals surface area contributed by atoms with Crippen molar-refractivity contribution in [2.45, 2.75) is 0 Å². The van der Waals surface area contributed by atoms with Crippen LogP contribution in [0.25, 0.3) is 17.2 Å². The fraction of sp³-hybridized carbons (Fsp3) is 0.0667. The second-order valence-electron chi connectivity index (χ2n) is 3.86. The average molecular weight is 245 g/mol. The van der Waals surface area contributed by atoms with Crippen LogP contribution in [-0.4, -0.2) is 6.54 Å². The van der Waals surface area contributed by atoms with Gasteiger partial charge in [0.25, 0.3) is 0 Å². The molecule has 2 rings (SSSR count). The zero-order valence-corrected chi connectivity index (χ0v) is 9.74. The third kappa shape index (κ3) is 2.63. The van der Waals surface area contributed by atoms with Gasteiger partial charge in [-0.1, -0.05) is 36.4 Å². The highest BCUT2D eigenvalue weighted by atomic mass is 19.1. The number of nitrogens with two attached hydrogens (primary N) is 1. The molecule has 0 radical (unpaired) electrons. The Balaban J connectivity index is 2.50. The van der Waals surface area contributed by atoms with E-state index in [1.54, 1.807) is 42.5 Å². The normalized spacial score (nSPS) is 11.1. The van der Waals surface area contributed by atoms with Crippen molar-refractivity contribution < 1.29 is 8.78 Å². The van der Waals surface area contributed by atoms with E-state index >= 15 is 0 Å². The van der Waals surface area contributed by atoms with E-state index in [0.29, 0.717) is 6.54 Å². The molecule has 0 saturated carbocycles. The number of benzene rings is 2. The van der Waals surface area contributed by atoms with Crippen LogP contribution in [0.5, 0.6) is 0 Å². The summed E-state index contributed by atoms with van der Waals surface area (Å²) in [5.41, 5.74) is 6.67. The molecule has 0 aliphatic carbocycles. The molecule has 0 bridgehead atoms. The van der Waals surface area contributed by atoms with E-state index in [9.17, 15) is 8.78 Å². The quantitative estimate of drug-likeness (QED) is 0.878. The Morgan fingerprint density at radius 3 is 2.39 bits per heavy atom. The summed E-state index contributed by atoms with van der Waals surface area (Å²) in [7, 11) is 0. The van der Waals surface area contributed by atoms with Crippen LogP contribution >= 0.6 is 0 Å². The molecule has 18 heavy (non-hydrogen) atoms. The van der Waals surface area contributed by atoms with Crippen LogP contribution < -0.4 is 5.73 Å². The standard InChI is InChI=1S/C15H13F2N/c16-14-6-2-1-5-12(14)13-10-11(4-3-9-18)7-8-15(13)17/h1-8,10H,9,18H2/b4-3+. The molecule has 0 unspecified atom stereocenters. The summed E-state index contributed by atoms with van der Waals surface area (Å²) >= 11 is 0. The van der Waals surface area contributed by atoms with Gasteiger partial charge < -0.3 is 5.73 Å². The topological polar surface area (TPSA) is 26.0 Å². The Kier molecular flexibility index (Phi) is 3.85. The molecule has 3 heteroatoms. The van der Waals surface area contributed by atoms with E-state index in [0.717, 1.165) is 5.56 Å². The molecule has 0 heterocycles. The van der Waals surface area contributed by atoms with Crippen LogP contribution in [0.2, 0.25) is 0 Å². The lowest BCUT2D eigenvalue weighted by molar-refractivity contribution is 0.616. The second kappa shape index (κ2) is 5.56. The molecule has 2 N–H and O–H groups in total. The molecular formula is C15H13F2N. The van der Waals surface area contributed by atoms with Crippen molar-refractivity contribution in [1.82, 2.24) is 0 Å². The molecule has 92 valence electrons. The van der Waals surface area contributed by atoms with Gasteiger partial charge in [0, 0.05) is 17.7 Å².